The van der Waals surface area contributed by atoms with E-state index in [1.165, 1.54) is 6.07 Å². The molecule has 0 saturated carbocycles. The minimum Gasteiger partial charge on any atom is -0.481 e. The largest absolute Gasteiger partial charge is 0.481 e. The van der Waals surface area contributed by atoms with Crippen molar-refractivity contribution in [3.8, 4) is 11.3 Å². The zero-order valence-electron chi connectivity index (χ0n) is 21.8. The highest BCUT2D eigenvalue weighted by molar-refractivity contribution is 5.92. The molecule has 10 nitrogen and oxygen atoms in total. The third-order valence-corrected chi connectivity index (χ3v) is 6.53. The van der Waals surface area contributed by atoms with Crippen molar-refractivity contribution in [1.82, 2.24) is 15.7 Å². The fraction of sp³-hybridized carbons (Fsp3) is 0.481. The zero-order chi connectivity index (χ0) is 27.6. The molecular formula is C27H37N3O7. The van der Waals surface area contributed by atoms with Gasteiger partial charge in [-0.15, -0.1) is 0 Å². The van der Waals surface area contributed by atoms with Crippen LogP contribution in [0, 0.1) is 5.92 Å². The van der Waals surface area contributed by atoms with Gasteiger partial charge in [-0.2, -0.15) is 0 Å². The number of unbranched alkanes of at least 4 members (excludes halogenated alkanes) is 2. The second-order valence-corrected chi connectivity index (χ2v) is 9.46. The van der Waals surface area contributed by atoms with Crippen LogP contribution in [0.25, 0.3) is 11.3 Å². The maximum atomic E-state index is 12.8. The number of hydrogen-bond acceptors (Lipinski definition) is 6. The number of carboxylic acids is 1. The number of hydroxylamine groups is 2. The number of nitrogens with zero attached hydrogens (tertiary/aromatic N) is 1. The van der Waals surface area contributed by atoms with Crippen LogP contribution in [0.2, 0.25) is 0 Å². The Balaban J connectivity index is 2.03. The van der Waals surface area contributed by atoms with Gasteiger partial charge in [-0.1, -0.05) is 51.3 Å². The van der Waals surface area contributed by atoms with Gasteiger partial charge in [0, 0.05) is 5.56 Å². The summed E-state index contributed by atoms with van der Waals surface area (Å²) in [5.74, 6) is -2.07. The van der Waals surface area contributed by atoms with Crippen molar-refractivity contribution in [2.75, 3.05) is 6.67 Å². The summed E-state index contributed by atoms with van der Waals surface area (Å²) in [7, 11) is 0. The Morgan fingerprint density at radius 2 is 1.84 bits per heavy atom. The Hall–Kier alpha value is -3.66. The smallest absolute Gasteiger partial charge is 0.313 e. The van der Waals surface area contributed by atoms with Crippen LogP contribution >= 0.6 is 0 Å². The van der Waals surface area contributed by atoms with Gasteiger partial charge in [0.05, 0.1) is 24.0 Å². The summed E-state index contributed by atoms with van der Waals surface area (Å²) in [6, 6.07) is 9.36. The minimum atomic E-state index is -1.09. The molecule has 1 aromatic heterocycles. The lowest BCUT2D eigenvalue weighted by molar-refractivity contribution is -0.168. The molecule has 2 aromatic rings. The summed E-state index contributed by atoms with van der Waals surface area (Å²) in [6.07, 6.45) is 3.83. The average molecular weight is 516 g/mol. The van der Waals surface area contributed by atoms with Crippen LogP contribution in [0.1, 0.15) is 75.9 Å². The molecule has 1 aromatic carbocycles. The first-order chi connectivity index (χ1) is 17.6. The standard InChI is InChI=1S/C27H37N3O7/c1-5-7-8-12-20(21(6-2)30(36)17-31)24(32)28-16-29-25(33)23-14-13-22(37-23)18-10-9-11-19(15-18)27(3,4)26(34)35/h9-11,13-15,17,20-21,36H,5-8,12,16H2,1-4H3,(H,28,32)(H,29,33)(H,34,35)/t20-,21-/m1/s1. The average Bonchev–Trinajstić information content (AvgIpc) is 3.38. The Morgan fingerprint density at radius 3 is 2.46 bits per heavy atom. The highest BCUT2D eigenvalue weighted by Gasteiger charge is 2.31. The van der Waals surface area contributed by atoms with E-state index in [9.17, 15) is 29.5 Å². The van der Waals surface area contributed by atoms with Gasteiger partial charge >= 0.3 is 5.97 Å². The molecule has 10 heteroatoms. The Labute approximate surface area is 217 Å². The fourth-order valence-electron chi connectivity index (χ4n) is 4.08. The van der Waals surface area contributed by atoms with Gasteiger partial charge in [0.2, 0.25) is 12.3 Å². The predicted molar refractivity (Wildman–Crippen MR) is 137 cm³/mol. The van der Waals surface area contributed by atoms with Crippen LogP contribution in [-0.4, -0.2) is 52.3 Å². The van der Waals surface area contributed by atoms with Crippen molar-refractivity contribution in [1.29, 1.82) is 0 Å². The summed E-state index contributed by atoms with van der Waals surface area (Å²) >= 11 is 0. The Bertz CT molecular complexity index is 1080. The number of hydrogen-bond donors (Lipinski definition) is 4. The van der Waals surface area contributed by atoms with Crippen LogP contribution in [0.3, 0.4) is 0 Å². The summed E-state index contributed by atoms with van der Waals surface area (Å²) < 4.78 is 5.68. The van der Waals surface area contributed by atoms with Crippen molar-refractivity contribution >= 4 is 24.2 Å². The minimum absolute atomic E-state index is 0.0283. The summed E-state index contributed by atoms with van der Waals surface area (Å²) in [5.41, 5.74) is 0.131. The van der Waals surface area contributed by atoms with Gasteiger partial charge in [-0.3, -0.25) is 24.4 Å². The normalized spacial score (nSPS) is 12.9. The number of carbonyl (C=O) groups excluding carboxylic acids is 3. The molecule has 1 heterocycles. The first-order valence-electron chi connectivity index (χ1n) is 12.5. The molecule has 0 fully saturated rings. The van der Waals surface area contributed by atoms with E-state index < -0.39 is 29.3 Å². The van der Waals surface area contributed by atoms with E-state index in [0.29, 0.717) is 41.2 Å². The molecule has 0 aliphatic rings. The topological polar surface area (TPSA) is 149 Å². The molecular weight excluding hydrogens is 478 g/mol. The number of nitrogens with one attached hydrogen (secondary N) is 2. The number of carboxylic acid groups (broad SMARTS) is 1. The van der Waals surface area contributed by atoms with Crippen LogP contribution in [0.4, 0.5) is 0 Å². The predicted octanol–water partition coefficient (Wildman–Crippen LogP) is 3.94. The fourth-order valence-corrected chi connectivity index (χ4v) is 4.08. The van der Waals surface area contributed by atoms with Gasteiger partial charge in [-0.05, 0) is 50.5 Å². The summed E-state index contributed by atoms with van der Waals surface area (Å²) in [6.45, 7) is 6.88. The molecule has 2 rings (SSSR count). The molecule has 0 unspecified atom stereocenters. The quantitative estimate of drug-likeness (QED) is 0.0923. The van der Waals surface area contributed by atoms with E-state index in [2.05, 4.69) is 10.6 Å². The molecule has 4 N–H and O–H groups in total. The lowest BCUT2D eigenvalue weighted by Gasteiger charge is -2.29. The molecule has 0 aliphatic heterocycles. The van der Waals surface area contributed by atoms with E-state index in [1.54, 1.807) is 51.1 Å². The molecule has 0 bridgehead atoms. The van der Waals surface area contributed by atoms with Gasteiger partial charge in [0.25, 0.3) is 5.91 Å². The van der Waals surface area contributed by atoms with Crippen molar-refractivity contribution in [3.05, 3.63) is 47.7 Å². The van der Waals surface area contributed by atoms with E-state index in [4.69, 9.17) is 4.42 Å². The number of benzene rings is 1. The Morgan fingerprint density at radius 1 is 1.11 bits per heavy atom. The van der Waals surface area contributed by atoms with Gasteiger partial charge in [-0.25, -0.2) is 5.06 Å². The molecule has 0 aliphatic carbocycles. The molecule has 37 heavy (non-hydrogen) atoms. The van der Waals surface area contributed by atoms with Gasteiger partial charge in [0.15, 0.2) is 5.76 Å². The molecule has 3 amide bonds. The number of furan rings is 1. The van der Waals surface area contributed by atoms with E-state index >= 15 is 0 Å². The van der Waals surface area contributed by atoms with Crippen LogP contribution < -0.4 is 10.6 Å². The second-order valence-electron chi connectivity index (χ2n) is 9.46. The van der Waals surface area contributed by atoms with Crippen molar-refractivity contribution in [2.24, 2.45) is 5.92 Å². The molecule has 202 valence electrons. The highest BCUT2D eigenvalue weighted by Crippen LogP contribution is 2.29. The number of amides is 3. The maximum absolute atomic E-state index is 12.8. The van der Waals surface area contributed by atoms with Gasteiger partial charge < -0.3 is 20.2 Å². The summed E-state index contributed by atoms with van der Waals surface area (Å²) in [4.78, 5) is 48.1. The first kappa shape index (κ1) is 29.6. The van der Waals surface area contributed by atoms with Crippen molar-refractivity contribution in [2.45, 2.75) is 71.3 Å². The monoisotopic (exact) mass is 515 g/mol. The van der Waals surface area contributed by atoms with E-state index in [-0.39, 0.29) is 18.3 Å². The zero-order valence-corrected chi connectivity index (χ0v) is 21.8. The number of carbonyl (C=O) groups is 4. The second kappa shape index (κ2) is 13.6. The first-order valence-corrected chi connectivity index (χ1v) is 12.5. The maximum Gasteiger partial charge on any atom is 0.313 e. The number of aliphatic carboxylic acids is 1. The molecule has 0 spiro atoms. The van der Waals surface area contributed by atoms with E-state index in [0.717, 1.165) is 19.3 Å². The Kier molecular flexibility index (Phi) is 10.9. The van der Waals surface area contributed by atoms with Crippen LogP contribution in [0.15, 0.2) is 40.8 Å². The van der Waals surface area contributed by atoms with Crippen molar-refractivity contribution in [3.63, 3.8) is 0 Å². The lowest BCUT2D eigenvalue weighted by Crippen LogP contribution is -2.47. The SMILES string of the molecule is CCCCC[C@@H](C(=O)NCNC(=O)c1ccc(-c2cccc(C(C)(C)C(=O)O)c2)o1)[C@@H](CC)N(O)C=O. The van der Waals surface area contributed by atoms with Crippen LogP contribution in [0.5, 0.6) is 0 Å². The molecule has 2 atom stereocenters. The highest BCUT2D eigenvalue weighted by atomic mass is 16.5. The molecule has 0 saturated heterocycles. The van der Waals surface area contributed by atoms with Crippen molar-refractivity contribution < 1.29 is 33.9 Å². The summed E-state index contributed by atoms with van der Waals surface area (Å²) in [5, 5.41) is 25.2. The third kappa shape index (κ3) is 7.66. The third-order valence-electron chi connectivity index (χ3n) is 6.53. The van der Waals surface area contributed by atoms with Gasteiger partial charge in [0.1, 0.15) is 5.76 Å². The number of rotatable bonds is 15. The van der Waals surface area contributed by atoms with E-state index in [1.807, 2.05) is 6.92 Å². The van der Waals surface area contributed by atoms with Crippen LogP contribution in [-0.2, 0) is 19.8 Å². The lowest BCUT2D eigenvalue weighted by atomic mass is 9.84. The molecule has 0 radical (unpaired) electrons.